The lowest BCUT2D eigenvalue weighted by Gasteiger charge is -2.12. The summed E-state index contributed by atoms with van der Waals surface area (Å²) in [6.45, 7) is 0. The van der Waals surface area contributed by atoms with Crippen molar-refractivity contribution < 1.29 is 23.7 Å². The van der Waals surface area contributed by atoms with Crippen molar-refractivity contribution in [2.45, 2.75) is 0 Å². The van der Waals surface area contributed by atoms with Crippen LogP contribution in [-0.4, -0.2) is 25.5 Å². The van der Waals surface area contributed by atoms with Gasteiger partial charge in [-0.25, -0.2) is 4.57 Å². The lowest BCUT2D eigenvalue weighted by Crippen LogP contribution is -2.06. The number of phosphoric ester groups is 1. The largest absolute Gasteiger partial charge is 0.524 e. The van der Waals surface area contributed by atoms with Gasteiger partial charge >= 0.3 is 7.82 Å². The fourth-order valence-electron chi connectivity index (χ4n) is 2.45. The average molecular weight is 417 g/mol. The Morgan fingerprint density at radius 2 is 1.68 bits per heavy atom. The highest BCUT2D eigenvalue weighted by molar-refractivity contribution is 7.46. The van der Waals surface area contributed by atoms with Gasteiger partial charge in [0, 0.05) is 41.4 Å². The van der Waals surface area contributed by atoms with Crippen LogP contribution in [0.3, 0.4) is 0 Å². The van der Waals surface area contributed by atoms with Crippen LogP contribution in [0.1, 0.15) is 27.2 Å². The van der Waals surface area contributed by atoms with E-state index in [-0.39, 0.29) is 33.4 Å². The molecule has 0 spiro atoms. The van der Waals surface area contributed by atoms with Crippen LogP contribution in [0.25, 0.3) is 11.8 Å². The maximum atomic E-state index is 12.9. The molecule has 28 heavy (non-hydrogen) atoms. The highest BCUT2D eigenvalue weighted by atomic mass is 35.5. The molecule has 3 rings (SSSR count). The maximum Gasteiger partial charge on any atom is 0.524 e. The smallest absolute Gasteiger partial charge is 0.404 e. The molecule has 0 aliphatic rings. The molecule has 0 unspecified atom stereocenters. The fourth-order valence-corrected chi connectivity index (χ4v) is 3.08. The number of benzene rings is 1. The molecule has 142 valence electrons. The van der Waals surface area contributed by atoms with Gasteiger partial charge in [0.15, 0.2) is 5.78 Å². The Kier molecular flexibility index (Phi) is 6.02. The quantitative estimate of drug-likeness (QED) is 0.355. The van der Waals surface area contributed by atoms with Gasteiger partial charge < -0.3 is 4.52 Å². The van der Waals surface area contributed by atoms with Gasteiger partial charge in [-0.1, -0.05) is 23.7 Å². The zero-order valence-electron chi connectivity index (χ0n) is 14.3. The molecule has 2 N–H and O–H groups in total. The third-order valence-electron chi connectivity index (χ3n) is 3.65. The zero-order valence-corrected chi connectivity index (χ0v) is 15.9. The predicted octanol–water partition coefficient (Wildman–Crippen LogP) is 3.97. The van der Waals surface area contributed by atoms with E-state index < -0.39 is 7.82 Å². The standard InChI is InChI=1S/C19H14ClN2O5P/c20-16-6-2-1-4-14(16)19(23)15-5-3-9-22-17(15)12-18(27-28(24,25)26)13-7-10-21-11-8-13/h1-12H,(H2,24,25,26). The van der Waals surface area contributed by atoms with Crippen molar-refractivity contribution in [2.75, 3.05) is 0 Å². The average Bonchev–Trinajstić information content (AvgIpc) is 2.67. The summed E-state index contributed by atoms with van der Waals surface area (Å²) in [6, 6.07) is 12.7. The molecule has 0 saturated heterocycles. The Morgan fingerprint density at radius 1 is 1.00 bits per heavy atom. The fraction of sp³-hybridized carbons (Fsp3) is 0. The van der Waals surface area contributed by atoms with Crippen molar-refractivity contribution in [1.82, 2.24) is 9.97 Å². The second-order valence-corrected chi connectivity index (χ2v) is 7.14. The third-order valence-corrected chi connectivity index (χ3v) is 4.42. The molecule has 0 bridgehead atoms. The monoisotopic (exact) mass is 416 g/mol. The number of pyridine rings is 2. The van der Waals surface area contributed by atoms with Crippen LogP contribution in [0.15, 0.2) is 67.1 Å². The minimum Gasteiger partial charge on any atom is -0.404 e. The maximum absolute atomic E-state index is 12.9. The number of aromatic nitrogens is 2. The van der Waals surface area contributed by atoms with Gasteiger partial charge in [0.25, 0.3) is 0 Å². The molecule has 0 aliphatic heterocycles. The number of phosphoric acid groups is 1. The van der Waals surface area contributed by atoms with Crippen LogP contribution in [0.5, 0.6) is 0 Å². The summed E-state index contributed by atoms with van der Waals surface area (Å²) in [5.41, 5.74) is 1.03. The van der Waals surface area contributed by atoms with E-state index in [4.69, 9.17) is 16.1 Å². The van der Waals surface area contributed by atoms with E-state index in [1.807, 2.05) is 0 Å². The van der Waals surface area contributed by atoms with E-state index in [0.717, 1.165) is 0 Å². The summed E-state index contributed by atoms with van der Waals surface area (Å²) in [5.74, 6) is -0.530. The van der Waals surface area contributed by atoms with Crippen molar-refractivity contribution in [3.63, 3.8) is 0 Å². The van der Waals surface area contributed by atoms with Gasteiger partial charge in [0.1, 0.15) is 5.76 Å². The molecule has 2 heterocycles. The van der Waals surface area contributed by atoms with Crippen LogP contribution in [0.2, 0.25) is 5.02 Å². The van der Waals surface area contributed by atoms with Gasteiger partial charge in [0.2, 0.25) is 0 Å². The van der Waals surface area contributed by atoms with Gasteiger partial charge in [0.05, 0.1) is 10.7 Å². The number of ketones is 1. The lowest BCUT2D eigenvalue weighted by atomic mass is 10.0. The summed E-state index contributed by atoms with van der Waals surface area (Å²) < 4.78 is 16.2. The molecular formula is C19H14ClN2O5P. The summed E-state index contributed by atoms with van der Waals surface area (Å²) >= 11 is 6.12. The topological polar surface area (TPSA) is 110 Å². The van der Waals surface area contributed by atoms with E-state index in [1.165, 1.54) is 36.8 Å². The Hall–Kier alpha value is -2.83. The summed E-state index contributed by atoms with van der Waals surface area (Å²) in [4.78, 5) is 39.5. The first kappa shape index (κ1) is 19.9. The third kappa shape index (κ3) is 4.91. The number of carbonyl (C=O) groups excluding carboxylic acids is 1. The van der Waals surface area contributed by atoms with Gasteiger partial charge in [-0.2, -0.15) is 0 Å². The summed E-state index contributed by atoms with van der Waals surface area (Å²) in [7, 11) is -4.85. The van der Waals surface area contributed by atoms with Gasteiger partial charge in [-0.05, 0) is 36.4 Å². The van der Waals surface area contributed by atoms with E-state index in [2.05, 4.69) is 9.97 Å². The molecular weight excluding hydrogens is 403 g/mol. The van der Waals surface area contributed by atoms with E-state index >= 15 is 0 Å². The van der Waals surface area contributed by atoms with Crippen molar-refractivity contribution in [2.24, 2.45) is 0 Å². The summed E-state index contributed by atoms with van der Waals surface area (Å²) in [6.07, 6.45) is 5.64. The van der Waals surface area contributed by atoms with Crippen LogP contribution >= 0.6 is 19.4 Å². The number of rotatable bonds is 6. The number of hydrogen-bond donors (Lipinski definition) is 2. The molecule has 0 atom stereocenters. The first-order valence-electron chi connectivity index (χ1n) is 7.96. The van der Waals surface area contributed by atoms with Crippen molar-refractivity contribution >= 4 is 37.0 Å². The molecule has 9 heteroatoms. The Morgan fingerprint density at radius 3 is 2.36 bits per heavy atom. The van der Waals surface area contributed by atoms with Crippen molar-refractivity contribution in [1.29, 1.82) is 0 Å². The van der Waals surface area contributed by atoms with Gasteiger partial charge in [-0.15, -0.1) is 0 Å². The molecule has 0 amide bonds. The SMILES string of the molecule is O=C(c1ccccc1Cl)c1cccnc1C=C(OP(=O)(O)O)c1ccncc1. The van der Waals surface area contributed by atoms with Crippen LogP contribution < -0.4 is 0 Å². The highest BCUT2D eigenvalue weighted by Gasteiger charge is 2.21. The van der Waals surface area contributed by atoms with E-state index in [1.54, 1.807) is 36.4 Å². The Labute approximate surface area is 165 Å². The van der Waals surface area contributed by atoms with Crippen LogP contribution in [-0.2, 0) is 9.09 Å². The zero-order chi connectivity index (χ0) is 20.1. The molecule has 0 radical (unpaired) electrons. The Bertz CT molecular complexity index is 1080. The number of halogens is 1. The highest BCUT2D eigenvalue weighted by Crippen LogP contribution is 2.42. The molecule has 0 fully saturated rings. The second kappa shape index (κ2) is 8.46. The number of carbonyl (C=O) groups is 1. The lowest BCUT2D eigenvalue weighted by molar-refractivity contribution is 0.103. The normalized spacial score (nSPS) is 11.9. The van der Waals surface area contributed by atoms with Crippen molar-refractivity contribution in [3.8, 4) is 0 Å². The second-order valence-electron chi connectivity index (χ2n) is 5.57. The van der Waals surface area contributed by atoms with Crippen LogP contribution in [0.4, 0.5) is 0 Å². The first-order chi connectivity index (χ1) is 13.3. The van der Waals surface area contributed by atoms with E-state index in [9.17, 15) is 19.1 Å². The van der Waals surface area contributed by atoms with E-state index in [0.29, 0.717) is 5.56 Å². The first-order valence-corrected chi connectivity index (χ1v) is 9.87. The van der Waals surface area contributed by atoms with Crippen LogP contribution in [0, 0.1) is 0 Å². The molecule has 1 aromatic carbocycles. The summed E-state index contributed by atoms with van der Waals surface area (Å²) in [5, 5.41) is 0.284. The number of nitrogens with zero attached hydrogens (tertiary/aromatic N) is 2. The predicted molar refractivity (Wildman–Crippen MR) is 104 cm³/mol. The molecule has 2 aromatic heterocycles. The number of hydrogen-bond acceptors (Lipinski definition) is 5. The van der Waals surface area contributed by atoms with Gasteiger partial charge in [-0.3, -0.25) is 24.5 Å². The molecule has 3 aromatic rings. The van der Waals surface area contributed by atoms with Crippen molar-refractivity contribution in [3.05, 3.63) is 94.5 Å². The Balaban J connectivity index is 2.11. The molecule has 0 aliphatic carbocycles. The molecule has 7 nitrogen and oxygen atoms in total. The minimum absolute atomic E-state index is 0.150. The molecule has 0 saturated carbocycles. The minimum atomic E-state index is -4.85.